The molecule has 0 radical (unpaired) electrons. The van der Waals surface area contributed by atoms with Crippen molar-refractivity contribution in [2.75, 3.05) is 13.2 Å². The lowest BCUT2D eigenvalue weighted by atomic mass is 10.2. The molecule has 0 aliphatic carbocycles. The van der Waals surface area contributed by atoms with Gasteiger partial charge in [0.1, 0.15) is 5.82 Å². The molecule has 0 saturated carbocycles. The van der Waals surface area contributed by atoms with Gasteiger partial charge in [-0.1, -0.05) is 34.5 Å². The summed E-state index contributed by atoms with van der Waals surface area (Å²) in [6.07, 6.45) is 0. The number of aromatic nitrogens is 1. The maximum Gasteiger partial charge on any atom is 0.279 e. The first-order chi connectivity index (χ1) is 12.9. The number of nitrogens with zero attached hydrogens (tertiary/aromatic N) is 2. The Hall–Kier alpha value is -1.80. The highest BCUT2D eigenvalue weighted by atomic mass is 35.5. The van der Waals surface area contributed by atoms with Gasteiger partial charge in [-0.15, -0.1) is 0 Å². The van der Waals surface area contributed by atoms with Crippen molar-refractivity contribution in [2.45, 2.75) is 13.5 Å². The number of thiazole rings is 1. The lowest BCUT2D eigenvalue weighted by molar-refractivity contribution is 0.0996. The zero-order chi connectivity index (χ0) is 19.6. The summed E-state index contributed by atoms with van der Waals surface area (Å²) < 4.78 is 35.1. The molecule has 0 fully saturated rings. The molecule has 3 aromatic rings. The van der Waals surface area contributed by atoms with Gasteiger partial charge in [-0.25, -0.2) is 8.78 Å². The molecule has 0 aliphatic rings. The molecule has 1 heterocycles. The van der Waals surface area contributed by atoms with Crippen LogP contribution in [0.25, 0.3) is 10.2 Å². The van der Waals surface area contributed by atoms with E-state index in [1.807, 2.05) is 6.92 Å². The summed E-state index contributed by atoms with van der Waals surface area (Å²) in [5, 5.41) is 0.601. The third-order valence-corrected chi connectivity index (χ3v) is 5.13. The van der Waals surface area contributed by atoms with E-state index in [2.05, 4.69) is 4.99 Å². The molecule has 0 unspecified atom stereocenters. The van der Waals surface area contributed by atoms with E-state index in [4.69, 9.17) is 27.9 Å². The number of ether oxygens (including phenoxy) is 1. The summed E-state index contributed by atoms with van der Waals surface area (Å²) in [6, 6.07) is 6.39. The van der Waals surface area contributed by atoms with Crippen molar-refractivity contribution < 1.29 is 18.3 Å². The van der Waals surface area contributed by atoms with Crippen molar-refractivity contribution in [2.24, 2.45) is 4.99 Å². The molecule has 2 aromatic carbocycles. The quantitative estimate of drug-likeness (QED) is 0.530. The number of halogens is 4. The van der Waals surface area contributed by atoms with Gasteiger partial charge in [-0.05, 0) is 31.2 Å². The largest absolute Gasteiger partial charge is 0.380 e. The molecule has 0 saturated heterocycles. The number of hydrogen-bond acceptors (Lipinski definition) is 3. The summed E-state index contributed by atoms with van der Waals surface area (Å²) in [5.74, 6) is -2.01. The second-order valence-corrected chi connectivity index (χ2v) is 7.42. The molecule has 1 amide bonds. The van der Waals surface area contributed by atoms with E-state index >= 15 is 0 Å². The third-order valence-electron chi connectivity index (χ3n) is 3.67. The number of rotatable bonds is 5. The second-order valence-electron chi connectivity index (χ2n) is 5.54. The maximum absolute atomic E-state index is 14.3. The Morgan fingerprint density at radius 2 is 1.89 bits per heavy atom. The van der Waals surface area contributed by atoms with E-state index in [-0.39, 0.29) is 22.4 Å². The van der Waals surface area contributed by atoms with Gasteiger partial charge in [0, 0.05) is 34.8 Å². The SMILES string of the molecule is CCOCCn1c(=NC(=O)c2cc(Cl)cc(Cl)c2)sc2cc(F)cc(F)c21. The topological polar surface area (TPSA) is 43.6 Å². The second kappa shape index (κ2) is 8.48. The lowest BCUT2D eigenvalue weighted by Gasteiger charge is -2.06. The van der Waals surface area contributed by atoms with E-state index in [1.165, 1.54) is 28.8 Å². The fraction of sp³-hybridized carbons (Fsp3) is 0.222. The Kier molecular flexibility index (Phi) is 6.26. The maximum atomic E-state index is 14.3. The number of carbonyl (C=O) groups is 1. The molecule has 0 bridgehead atoms. The monoisotopic (exact) mass is 430 g/mol. The molecule has 1 aromatic heterocycles. The average molecular weight is 431 g/mol. The fourth-order valence-electron chi connectivity index (χ4n) is 2.55. The Morgan fingerprint density at radius 3 is 2.56 bits per heavy atom. The van der Waals surface area contributed by atoms with Crippen LogP contribution in [0.1, 0.15) is 17.3 Å². The summed E-state index contributed by atoms with van der Waals surface area (Å²) in [5.41, 5.74) is 0.379. The number of fused-ring (bicyclic) bond motifs is 1. The molecule has 0 N–H and O–H groups in total. The Morgan fingerprint density at radius 1 is 1.19 bits per heavy atom. The van der Waals surface area contributed by atoms with Crippen LogP contribution in [0.4, 0.5) is 8.78 Å². The van der Waals surface area contributed by atoms with Gasteiger partial charge < -0.3 is 9.30 Å². The Labute approximate surface area is 167 Å². The minimum atomic E-state index is -0.725. The first kappa shape index (κ1) is 19.9. The Balaban J connectivity index is 2.13. The summed E-state index contributed by atoms with van der Waals surface area (Å²) >= 11 is 12.9. The standard InChI is InChI=1S/C18H14Cl2F2N2O2S/c1-2-26-4-3-24-16-14(22)8-13(21)9-15(16)27-18(24)23-17(25)10-5-11(19)7-12(20)6-10/h5-9H,2-4H2,1H3. The number of hydrogen-bond donors (Lipinski definition) is 0. The van der Waals surface area contributed by atoms with Crippen LogP contribution < -0.4 is 4.80 Å². The van der Waals surface area contributed by atoms with E-state index < -0.39 is 17.5 Å². The zero-order valence-electron chi connectivity index (χ0n) is 14.1. The van der Waals surface area contributed by atoms with Gasteiger partial charge in [-0.3, -0.25) is 4.79 Å². The lowest BCUT2D eigenvalue weighted by Crippen LogP contribution is -2.20. The van der Waals surface area contributed by atoms with E-state index in [9.17, 15) is 13.6 Å². The highest BCUT2D eigenvalue weighted by molar-refractivity contribution is 7.16. The van der Waals surface area contributed by atoms with Crippen LogP contribution in [0.5, 0.6) is 0 Å². The molecule has 9 heteroatoms. The molecule has 0 spiro atoms. The fourth-order valence-corrected chi connectivity index (χ4v) is 4.17. The van der Waals surface area contributed by atoms with Gasteiger partial charge in [0.2, 0.25) is 0 Å². The van der Waals surface area contributed by atoms with Crippen molar-refractivity contribution in [1.82, 2.24) is 4.57 Å². The number of carbonyl (C=O) groups excluding carboxylic acids is 1. The van der Waals surface area contributed by atoms with Crippen molar-refractivity contribution in [3.05, 3.63) is 62.4 Å². The highest BCUT2D eigenvalue weighted by Crippen LogP contribution is 2.23. The molecule has 27 heavy (non-hydrogen) atoms. The molecule has 4 nitrogen and oxygen atoms in total. The van der Waals surface area contributed by atoms with Crippen molar-refractivity contribution >= 4 is 50.7 Å². The van der Waals surface area contributed by atoms with Crippen LogP contribution >= 0.6 is 34.5 Å². The van der Waals surface area contributed by atoms with Crippen LogP contribution in [-0.2, 0) is 11.3 Å². The van der Waals surface area contributed by atoms with Gasteiger partial charge in [0.25, 0.3) is 5.91 Å². The van der Waals surface area contributed by atoms with Crippen molar-refractivity contribution in [3.8, 4) is 0 Å². The summed E-state index contributed by atoms with van der Waals surface area (Å²) in [7, 11) is 0. The normalized spacial score (nSPS) is 12.1. The first-order valence-corrected chi connectivity index (χ1v) is 9.57. The molecular weight excluding hydrogens is 417 g/mol. The molecular formula is C18H14Cl2F2N2O2S. The van der Waals surface area contributed by atoms with Gasteiger partial charge in [-0.2, -0.15) is 4.99 Å². The summed E-state index contributed by atoms with van der Waals surface area (Å²) in [6.45, 7) is 2.89. The van der Waals surface area contributed by atoms with Gasteiger partial charge in [0.15, 0.2) is 10.6 Å². The smallest absolute Gasteiger partial charge is 0.279 e. The molecule has 142 valence electrons. The van der Waals surface area contributed by atoms with E-state index in [0.29, 0.717) is 28.0 Å². The summed E-state index contributed by atoms with van der Waals surface area (Å²) in [4.78, 5) is 16.9. The van der Waals surface area contributed by atoms with Crippen LogP contribution in [0.3, 0.4) is 0 Å². The van der Waals surface area contributed by atoms with Crippen LogP contribution in [0, 0.1) is 11.6 Å². The van der Waals surface area contributed by atoms with Crippen LogP contribution in [0.2, 0.25) is 10.0 Å². The highest BCUT2D eigenvalue weighted by Gasteiger charge is 2.15. The van der Waals surface area contributed by atoms with Crippen molar-refractivity contribution in [3.63, 3.8) is 0 Å². The van der Waals surface area contributed by atoms with Gasteiger partial charge in [0.05, 0.1) is 16.8 Å². The third kappa shape index (κ3) is 4.55. The molecule has 3 rings (SSSR count). The average Bonchev–Trinajstić information content (AvgIpc) is 2.91. The molecule has 0 atom stereocenters. The zero-order valence-corrected chi connectivity index (χ0v) is 16.5. The minimum Gasteiger partial charge on any atom is -0.380 e. The first-order valence-electron chi connectivity index (χ1n) is 8.00. The predicted molar refractivity (Wildman–Crippen MR) is 103 cm³/mol. The van der Waals surface area contributed by atoms with E-state index in [1.54, 1.807) is 0 Å². The number of amides is 1. The van der Waals surface area contributed by atoms with Crippen molar-refractivity contribution in [1.29, 1.82) is 0 Å². The molecule has 0 aliphatic heterocycles. The van der Waals surface area contributed by atoms with Gasteiger partial charge >= 0.3 is 0 Å². The Bertz CT molecular complexity index is 1060. The van der Waals surface area contributed by atoms with Crippen LogP contribution in [-0.4, -0.2) is 23.7 Å². The minimum absolute atomic E-state index is 0.178. The predicted octanol–water partition coefficient (Wildman–Crippen LogP) is 5.07. The van der Waals surface area contributed by atoms with E-state index in [0.717, 1.165) is 17.4 Å². The number of benzene rings is 2. The van der Waals surface area contributed by atoms with Crippen LogP contribution in [0.15, 0.2) is 35.3 Å².